The molecule has 3 aromatic rings. The van der Waals surface area contributed by atoms with Gasteiger partial charge in [0.05, 0.1) is 6.21 Å². The number of pyridine rings is 1. The molecule has 7 nitrogen and oxygen atoms in total. The number of anilines is 1. The molecule has 0 saturated heterocycles. The lowest BCUT2D eigenvalue weighted by Gasteiger charge is -2.18. The number of hydrogen-bond donors (Lipinski definition) is 2. The van der Waals surface area contributed by atoms with Gasteiger partial charge in [-0.1, -0.05) is 44.2 Å². The summed E-state index contributed by atoms with van der Waals surface area (Å²) in [5.41, 5.74) is 3.35. The Hall–Kier alpha value is -2.97. The number of phenolic OH excluding ortho intramolecular Hbond substituents is 1. The molecular formula is C20H22N4O3S. The average Bonchev–Trinajstić information content (AvgIpc) is 2.71. The highest BCUT2D eigenvalue weighted by Crippen LogP contribution is 2.25. The molecule has 0 unspecified atom stereocenters. The third kappa shape index (κ3) is 3.97. The van der Waals surface area contributed by atoms with Crippen molar-refractivity contribution in [2.45, 2.75) is 18.7 Å². The van der Waals surface area contributed by atoms with E-state index in [4.69, 9.17) is 0 Å². The van der Waals surface area contributed by atoms with Gasteiger partial charge < -0.3 is 5.11 Å². The van der Waals surface area contributed by atoms with Gasteiger partial charge in [0.25, 0.3) is 0 Å². The highest BCUT2D eigenvalue weighted by molar-refractivity contribution is 7.89. The Labute approximate surface area is 164 Å². The third-order valence-corrected chi connectivity index (χ3v) is 6.43. The molecule has 28 heavy (non-hydrogen) atoms. The van der Waals surface area contributed by atoms with E-state index >= 15 is 0 Å². The minimum absolute atomic E-state index is 0.123. The Bertz CT molecular complexity index is 1090. The number of aromatic hydroxyl groups is 1. The quantitative estimate of drug-likeness (QED) is 0.470. The standard InChI is InChI=1S/C20H22N4O3S/c1-3-24(4-2)28(26,27)16-10-12-20(21-13-16)23-22-14-18-17-8-6-5-7-15(17)9-11-19(18)25/h5-14,25H,3-4H2,1-2H3,(H,21,23). The van der Waals surface area contributed by atoms with Gasteiger partial charge in [-0.05, 0) is 29.0 Å². The molecule has 0 saturated carbocycles. The molecular weight excluding hydrogens is 376 g/mol. The van der Waals surface area contributed by atoms with Crippen LogP contribution < -0.4 is 5.43 Å². The van der Waals surface area contributed by atoms with Crippen LogP contribution in [0.3, 0.4) is 0 Å². The van der Waals surface area contributed by atoms with Crippen LogP contribution in [0.1, 0.15) is 19.4 Å². The predicted octanol–water partition coefficient (Wildman–Crippen LogP) is 3.42. The van der Waals surface area contributed by atoms with Gasteiger partial charge in [0, 0.05) is 24.8 Å². The highest BCUT2D eigenvalue weighted by atomic mass is 32.2. The van der Waals surface area contributed by atoms with Crippen molar-refractivity contribution in [3.05, 3.63) is 60.3 Å². The number of hydrogen-bond acceptors (Lipinski definition) is 6. The summed E-state index contributed by atoms with van der Waals surface area (Å²) in [6.07, 6.45) is 2.82. The first-order valence-electron chi connectivity index (χ1n) is 8.93. The molecule has 2 N–H and O–H groups in total. The smallest absolute Gasteiger partial charge is 0.244 e. The van der Waals surface area contributed by atoms with Crippen LogP contribution in [0.15, 0.2) is 64.7 Å². The summed E-state index contributed by atoms with van der Waals surface area (Å²) in [5.74, 6) is 0.521. The minimum atomic E-state index is -3.54. The van der Waals surface area contributed by atoms with Crippen LogP contribution in [-0.4, -0.2) is 42.1 Å². The highest BCUT2D eigenvalue weighted by Gasteiger charge is 2.21. The van der Waals surface area contributed by atoms with Crippen LogP contribution in [0.4, 0.5) is 5.82 Å². The van der Waals surface area contributed by atoms with Gasteiger partial charge >= 0.3 is 0 Å². The van der Waals surface area contributed by atoms with Crippen molar-refractivity contribution in [1.82, 2.24) is 9.29 Å². The fourth-order valence-corrected chi connectivity index (χ4v) is 4.30. The number of phenols is 1. The Balaban J connectivity index is 1.78. The first kappa shape index (κ1) is 19.8. The van der Waals surface area contributed by atoms with E-state index < -0.39 is 10.0 Å². The topological polar surface area (TPSA) is 94.9 Å². The third-order valence-electron chi connectivity index (χ3n) is 4.40. The van der Waals surface area contributed by atoms with Crippen molar-refractivity contribution in [1.29, 1.82) is 0 Å². The molecule has 2 aromatic carbocycles. The monoisotopic (exact) mass is 398 g/mol. The van der Waals surface area contributed by atoms with Gasteiger partial charge in [-0.15, -0.1) is 0 Å². The van der Waals surface area contributed by atoms with Crippen LogP contribution in [0.5, 0.6) is 5.75 Å². The Morgan fingerprint density at radius 3 is 2.54 bits per heavy atom. The molecule has 8 heteroatoms. The summed E-state index contributed by atoms with van der Waals surface area (Å²) in [6.45, 7) is 4.39. The number of nitrogens with zero attached hydrogens (tertiary/aromatic N) is 3. The second-order valence-electron chi connectivity index (χ2n) is 6.06. The molecule has 0 aliphatic heterocycles. The lowest BCUT2D eigenvalue weighted by Crippen LogP contribution is -2.30. The van der Waals surface area contributed by atoms with Gasteiger partial charge in [-0.2, -0.15) is 9.41 Å². The number of sulfonamides is 1. The fourth-order valence-electron chi connectivity index (χ4n) is 2.89. The molecule has 0 aliphatic rings. The number of aromatic nitrogens is 1. The molecule has 0 radical (unpaired) electrons. The summed E-state index contributed by atoms with van der Waals surface area (Å²) in [6, 6.07) is 14.2. The van der Waals surface area contributed by atoms with E-state index in [1.807, 2.05) is 30.3 Å². The summed E-state index contributed by atoms with van der Waals surface area (Å²) in [4.78, 5) is 4.26. The molecule has 0 fully saturated rings. The van der Waals surface area contributed by atoms with Crippen LogP contribution in [0.2, 0.25) is 0 Å². The second kappa shape index (κ2) is 8.37. The fraction of sp³-hybridized carbons (Fsp3) is 0.200. The van der Waals surface area contributed by atoms with Crippen molar-refractivity contribution >= 4 is 32.8 Å². The molecule has 0 spiro atoms. The van der Waals surface area contributed by atoms with Crippen LogP contribution in [-0.2, 0) is 10.0 Å². The summed E-state index contributed by atoms with van der Waals surface area (Å²) < 4.78 is 26.3. The van der Waals surface area contributed by atoms with Gasteiger partial charge in [0.2, 0.25) is 10.0 Å². The molecule has 3 rings (SSSR count). The molecule has 0 aliphatic carbocycles. The first-order valence-corrected chi connectivity index (χ1v) is 10.4. The number of fused-ring (bicyclic) bond motifs is 1. The Morgan fingerprint density at radius 1 is 1.11 bits per heavy atom. The van der Waals surface area contributed by atoms with Crippen molar-refractivity contribution in [3.8, 4) is 5.75 Å². The summed E-state index contributed by atoms with van der Waals surface area (Å²) in [7, 11) is -3.54. The van der Waals surface area contributed by atoms with Crippen LogP contribution in [0, 0.1) is 0 Å². The van der Waals surface area contributed by atoms with Gasteiger partial charge in [0.15, 0.2) is 0 Å². The molecule has 146 valence electrons. The van der Waals surface area contributed by atoms with Crippen molar-refractivity contribution in [2.24, 2.45) is 5.10 Å². The van der Waals surface area contributed by atoms with Crippen molar-refractivity contribution in [3.63, 3.8) is 0 Å². The maximum Gasteiger partial charge on any atom is 0.244 e. The van der Waals surface area contributed by atoms with Crippen LogP contribution >= 0.6 is 0 Å². The number of rotatable bonds is 7. The predicted molar refractivity (Wildman–Crippen MR) is 111 cm³/mol. The van der Waals surface area contributed by atoms with Gasteiger partial charge in [-0.25, -0.2) is 13.4 Å². The zero-order chi connectivity index (χ0) is 20.1. The van der Waals surface area contributed by atoms with E-state index in [0.717, 1.165) is 10.8 Å². The maximum absolute atomic E-state index is 12.5. The second-order valence-corrected chi connectivity index (χ2v) is 8.00. The number of benzene rings is 2. The largest absolute Gasteiger partial charge is 0.507 e. The summed E-state index contributed by atoms with van der Waals surface area (Å²) >= 11 is 0. The Kier molecular flexibility index (Phi) is 5.91. The average molecular weight is 398 g/mol. The minimum Gasteiger partial charge on any atom is -0.507 e. The van der Waals surface area contributed by atoms with Gasteiger partial charge in [0.1, 0.15) is 16.5 Å². The van der Waals surface area contributed by atoms with E-state index in [1.165, 1.54) is 22.8 Å². The van der Waals surface area contributed by atoms with E-state index in [2.05, 4.69) is 15.5 Å². The lowest BCUT2D eigenvalue weighted by molar-refractivity contribution is 0.445. The number of nitrogens with one attached hydrogen (secondary N) is 1. The zero-order valence-corrected chi connectivity index (χ0v) is 16.5. The van der Waals surface area contributed by atoms with E-state index in [-0.39, 0.29) is 10.6 Å². The van der Waals surface area contributed by atoms with E-state index in [1.54, 1.807) is 26.0 Å². The van der Waals surface area contributed by atoms with Crippen molar-refractivity contribution < 1.29 is 13.5 Å². The molecule has 0 atom stereocenters. The van der Waals surface area contributed by atoms with Crippen molar-refractivity contribution in [2.75, 3.05) is 18.5 Å². The summed E-state index contributed by atoms with van der Waals surface area (Å²) in [5, 5.41) is 16.1. The first-order chi connectivity index (χ1) is 13.5. The SMILES string of the molecule is CCN(CC)S(=O)(=O)c1ccc(NN=Cc2c(O)ccc3ccccc23)nc1. The molecule has 0 bridgehead atoms. The zero-order valence-electron chi connectivity index (χ0n) is 15.7. The lowest BCUT2D eigenvalue weighted by atomic mass is 10.0. The molecule has 0 amide bonds. The van der Waals surface area contributed by atoms with E-state index in [9.17, 15) is 13.5 Å². The number of hydrazone groups is 1. The normalized spacial score (nSPS) is 12.1. The van der Waals surface area contributed by atoms with Gasteiger partial charge in [-0.3, -0.25) is 5.43 Å². The van der Waals surface area contributed by atoms with Crippen LogP contribution in [0.25, 0.3) is 10.8 Å². The molecule has 1 heterocycles. The van der Waals surface area contributed by atoms with E-state index in [0.29, 0.717) is 24.5 Å². The molecule has 1 aromatic heterocycles. The Morgan fingerprint density at radius 2 is 1.86 bits per heavy atom. The maximum atomic E-state index is 12.5.